The van der Waals surface area contributed by atoms with Crippen LogP contribution in [-0.2, 0) is 6.54 Å². The number of rotatable bonds is 4. The second-order valence-corrected chi connectivity index (χ2v) is 6.72. The predicted molar refractivity (Wildman–Crippen MR) is 116 cm³/mol. The zero-order valence-electron chi connectivity index (χ0n) is 15.5. The van der Waals surface area contributed by atoms with E-state index in [9.17, 15) is 0 Å². The summed E-state index contributed by atoms with van der Waals surface area (Å²) in [6, 6.07) is 22.4. The van der Waals surface area contributed by atoms with Crippen molar-refractivity contribution in [3.05, 3.63) is 77.9 Å². The van der Waals surface area contributed by atoms with Gasteiger partial charge in [-0.1, -0.05) is 30.3 Å². The quantitative estimate of drug-likeness (QED) is 0.533. The molecule has 5 heteroatoms. The largest absolute Gasteiger partial charge is 0.388 e. The van der Waals surface area contributed by atoms with Gasteiger partial charge < -0.3 is 10.6 Å². The van der Waals surface area contributed by atoms with Gasteiger partial charge in [0.05, 0.1) is 12.1 Å². The Labute approximate surface area is 163 Å². The highest BCUT2D eigenvalue weighted by Gasteiger charge is 2.13. The van der Waals surface area contributed by atoms with Crippen LogP contribution in [0.5, 0.6) is 0 Å². The highest BCUT2D eigenvalue weighted by molar-refractivity contribution is 5.94. The summed E-state index contributed by atoms with van der Waals surface area (Å²) in [4.78, 5) is 14.0. The third kappa shape index (κ3) is 2.87. The van der Waals surface area contributed by atoms with Crippen molar-refractivity contribution < 1.29 is 0 Å². The Balaban J connectivity index is 1.64. The topological polar surface area (TPSA) is 62.2 Å². The molecule has 0 unspecified atom stereocenters. The number of nitrogens with zero attached hydrogens (tertiary/aromatic N) is 3. The number of hydrogen-bond donors (Lipinski definition) is 2. The maximum atomic E-state index is 4.87. The van der Waals surface area contributed by atoms with Gasteiger partial charge in [0, 0.05) is 35.6 Å². The Bertz CT molecular complexity index is 1210. The molecule has 3 aromatic carbocycles. The summed E-state index contributed by atoms with van der Waals surface area (Å²) >= 11 is 0. The Morgan fingerprint density at radius 2 is 1.75 bits per heavy atom. The van der Waals surface area contributed by atoms with Gasteiger partial charge in [0.2, 0.25) is 0 Å². The summed E-state index contributed by atoms with van der Waals surface area (Å²) in [7, 11) is 1.91. The minimum atomic E-state index is 0.689. The number of nitrogens with one attached hydrogen (secondary N) is 2. The van der Waals surface area contributed by atoms with E-state index in [1.54, 1.807) is 0 Å². The molecule has 0 saturated heterocycles. The Morgan fingerprint density at radius 1 is 0.893 bits per heavy atom. The third-order valence-electron chi connectivity index (χ3n) is 4.94. The standard InChI is InChI=1S/C23H19N5/c1-24-20-8-4-2-6-18(20)23-27-21-9-5-3-7-19(21)22(28-23)26-17-11-10-15-13-25-14-16(15)12-17/h2-12,14,24H,13H2,1H3,(H,26,27,28). The fourth-order valence-corrected chi connectivity index (χ4v) is 3.50. The molecule has 0 amide bonds. The van der Waals surface area contributed by atoms with Crippen LogP contribution in [0.1, 0.15) is 11.1 Å². The maximum absolute atomic E-state index is 4.87. The van der Waals surface area contributed by atoms with E-state index in [4.69, 9.17) is 9.97 Å². The first-order valence-electron chi connectivity index (χ1n) is 9.25. The summed E-state index contributed by atoms with van der Waals surface area (Å²) in [5, 5.41) is 7.70. The van der Waals surface area contributed by atoms with Crippen LogP contribution in [0.25, 0.3) is 22.3 Å². The van der Waals surface area contributed by atoms with Gasteiger partial charge >= 0.3 is 0 Å². The number of benzene rings is 3. The third-order valence-corrected chi connectivity index (χ3v) is 4.94. The number of aromatic nitrogens is 2. The molecule has 1 aliphatic heterocycles. The lowest BCUT2D eigenvalue weighted by Crippen LogP contribution is -2.01. The summed E-state index contributed by atoms with van der Waals surface area (Å²) in [6.07, 6.45) is 1.92. The number of para-hydroxylation sites is 2. The van der Waals surface area contributed by atoms with E-state index < -0.39 is 0 Å². The van der Waals surface area contributed by atoms with Gasteiger partial charge in [-0.05, 0) is 47.5 Å². The van der Waals surface area contributed by atoms with Crippen molar-refractivity contribution in [3.63, 3.8) is 0 Å². The minimum Gasteiger partial charge on any atom is -0.388 e. The monoisotopic (exact) mass is 365 g/mol. The van der Waals surface area contributed by atoms with Gasteiger partial charge in [0.25, 0.3) is 0 Å². The molecule has 0 bridgehead atoms. The van der Waals surface area contributed by atoms with E-state index >= 15 is 0 Å². The maximum Gasteiger partial charge on any atom is 0.164 e. The minimum absolute atomic E-state index is 0.689. The lowest BCUT2D eigenvalue weighted by atomic mass is 10.1. The smallest absolute Gasteiger partial charge is 0.164 e. The van der Waals surface area contributed by atoms with Crippen LogP contribution in [0.15, 0.2) is 71.7 Å². The normalized spacial score (nSPS) is 12.2. The van der Waals surface area contributed by atoms with E-state index in [0.717, 1.165) is 45.8 Å². The Kier molecular flexibility index (Phi) is 3.98. The molecule has 4 aromatic rings. The predicted octanol–water partition coefficient (Wildman–Crippen LogP) is 5.01. The van der Waals surface area contributed by atoms with Gasteiger partial charge in [-0.2, -0.15) is 0 Å². The molecule has 0 spiro atoms. The van der Waals surface area contributed by atoms with E-state index in [0.29, 0.717) is 5.82 Å². The molecular weight excluding hydrogens is 346 g/mol. The molecular formula is C23H19N5. The molecule has 0 saturated carbocycles. The van der Waals surface area contributed by atoms with E-state index in [-0.39, 0.29) is 0 Å². The molecule has 0 atom stereocenters. The molecule has 1 aromatic heterocycles. The first kappa shape index (κ1) is 16.4. The first-order valence-corrected chi connectivity index (χ1v) is 9.25. The van der Waals surface area contributed by atoms with E-state index in [1.165, 1.54) is 5.56 Å². The molecule has 136 valence electrons. The van der Waals surface area contributed by atoms with Crippen molar-refractivity contribution in [2.75, 3.05) is 17.7 Å². The molecule has 5 nitrogen and oxygen atoms in total. The van der Waals surface area contributed by atoms with Crippen LogP contribution in [-0.4, -0.2) is 23.2 Å². The average Bonchev–Trinajstić information content (AvgIpc) is 3.21. The highest BCUT2D eigenvalue weighted by Crippen LogP contribution is 2.31. The summed E-state index contributed by atoms with van der Waals surface area (Å²) in [5.41, 5.74) is 6.27. The van der Waals surface area contributed by atoms with Crippen LogP contribution < -0.4 is 10.6 Å². The summed E-state index contributed by atoms with van der Waals surface area (Å²) in [5.74, 6) is 1.48. The van der Waals surface area contributed by atoms with Crippen molar-refractivity contribution in [2.24, 2.45) is 4.99 Å². The van der Waals surface area contributed by atoms with Crippen molar-refractivity contribution >= 4 is 34.3 Å². The summed E-state index contributed by atoms with van der Waals surface area (Å²) < 4.78 is 0. The molecule has 0 radical (unpaired) electrons. The molecule has 0 aliphatic carbocycles. The lowest BCUT2D eigenvalue weighted by Gasteiger charge is -2.13. The van der Waals surface area contributed by atoms with E-state index in [1.807, 2.05) is 61.8 Å². The van der Waals surface area contributed by atoms with Gasteiger partial charge in [0.15, 0.2) is 5.82 Å². The molecule has 2 N–H and O–H groups in total. The second-order valence-electron chi connectivity index (χ2n) is 6.72. The zero-order chi connectivity index (χ0) is 18.9. The first-order chi connectivity index (χ1) is 13.8. The average molecular weight is 365 g/mol. The summed E-state index contributed by atoms with van der Waals surface area (Å²) in [6.45, 7) is 0.761. The SMILES string of the molecule is CNc1ccccc1-c1nc(Nc2ccc3c(c2)C=NC3)c2ccccc2n1. The Morgan fingerprint density at radius 3 is 2.68 bits per heavy atom. The van der Waals surface area contributed by atoms with Gasteiger partial charge in [-0.15, -0.1) is 0 Å². The lowest BCUT2D eigenvalue weighted by molar-refractivity contribution is 1.11. The zero-order valence-corrected chi connectivity index (χ0v) is 15.5. The molecule has 5 rings (SSSR count). The van der Waals surface area contributed by atoms with Gasteiger partial charge in [-0.25, -0.2) is 9.97 Å². The number of anilines is 3. The second kappa shape index (κ2) is 6.78. The van der Waals surface area contributed by atoms with Crippen molar-refractivity contribution in [3.8, 4) is 11.4 Å². The van der Waals surface area contributed by atoms with Crippen LogP contribution in [0.4, 0.5) is 17.2 Å². The highest BCUT2D eigenvalue weighted by atomic mass is 15.0. The number of hydrogen-bond acceptors (Lipinski definition) is 5. The molecule has 0 fully saturated rings. The fourth-order valence-electron chi connectivity index (χ4n) is 3.50. The number of fused-ring (bicyclic) bond motifs is 2. The van der Waals surface area contributed by atoms with Crippen LogP contribution in [0.2, 0.25) is 0 Å². The van der Waals surface area contributed by atoms with Crippen molar-refractivity contribution in [2.45, 2.75) is 6.54 Å². The van der Waals surface area contributed by atoms with Crippen LogP contribution in [0, 0.1) is 0 Å². The van der Waals surface area contributed by atoms with Crippen molar-refractivity contribution in [1.29, 1.82) is 0 Å². The van der Waals surface area contributed by atoms with Crippen molar-refractivity contribution in [1.82, 2.24) is 9.97 Å². The molecule has 28 heavy (non-hydrogen) atoms. The Hall–Kier alpha value is -3.73. The van der Waals surface area contributed by atoms with Crippen LogP contribution in [0.3, 0.4) is 0 Å². The van der Waals surface area contributed by atoms with Gasteiger partial charge in [0.1, 0.15) is 5.82 Å². The van der Waals surface area contributed by atoms with E-state index in [2.05, 4.69) is 33.8 Å². The number of aliphatic imine (C=N–C) groups is 1. The van der Waals surface area contributed by atoms with Gasteiger partial charge in [-0.3, -0.25) is 4.99 Å². The fraction of sp³-hybridized carbons (Fsp3) is 0.0870. The molecule has 1 aliphatic rings. The molecule has 2 heterocycles. The van der Waals surface area contributed by atoms with Crippen LogP contribution >= 0.6 is 0 Å².